The Balaban J connectivity index is 1.41. The normalized spacial score (nSPS) is 13.1. The van der Waals surface area contributed by atoms with Crippen molar-refractivity contribution in [3.63, 3.8) is 0 Å². The van der Waals surface area contributed by atoms with E-state index >= 15 is 0 Å². The molecule has 1 aliphatic rings. The zero-order valence-corrected chi connectivity index (χ0v) is 14.8. The molecule has 1 N–H and O–H groups in total. The second-order valence-corrected chi connectivity index (χ2v) is 6.60. The van der Waals surface area contributed by atoms with Gasteiger partial charge in [-0.25, -0.2) is 0 Å². The Kier molecular flexibility index (Phi) is 4.79. The molecule has 0 saturated heterocycles. The Hall–Kier alpha value is -2.93. The van der Waals surface area contributed by atoms with Crippen LogP contribution in [0.25, 0.3) is 11.4 Å². The third kappa shape index (κ3) is 3.83. The van der Waals surface area contributed by atoms with Crippen LogP contribution in [0.15, 0.2) is 48.5 Å². The van der Waals surface area contributed by atoms with Gasteiger partial charge in [0.15, 0.2) is 17.3 Å². The van der Waals surface area contributed by atoms with E-state index < -0.39 is 0 Å². The first-order valence-corrected chi connectivity index (χ1v) is 9.13. The highest BCUT2D eigenvalue weighted by molar-refractivity contribution is 7.10. The van der Waals surface area contributed by atoms with Gasteiger partial charge in [-0.1, -0.05) is 36.4 Å². The molecule has 0 saturated carbocycles. The largest absolute Gasteiger partial charge is 0.490 e. The molecule has 6 nitrogen and oxygen atoms in total. The van der Waals surface area contributed by atoms with Crippen LogP contribution < -0.4 is 14.8 Å². The topological polar surface area (TPSA) is 73.3 Å². The van der Waals surface area contributed by atoms with Gasteiger partial charge in [-0.2, -0.15) is 9.36 Å². The van der Waals surface area contributed by atoms with Crippen LogP contribution in [0.4, 0.5) is 5.13 Å². The Morgan fingerprint density at radius 3 is 2.73 bits per heavy atom. The van der Waals surface area contributed by atoms with E-state index in [0.29, 0.717) is 29.9 Å². The van der Waals surface area contributed by atoms with Crippen molar-refractivity contribution in [2.24, 2.45) is 0 Å². The second kappa shape index (κ2) is 7.53. The highest BCUT2D eigenvalue weighted by Gasteiger charge is 2.14. The molecule has 1 aromatic heterocycles. The molecular formula is C19H17N3O3S. The zero-order chi connectivity index (χ0) is 17.8. The smallest absolute Gasteiger partial charge is 0.230 e. The summed E-state index contributed by atoms with van der Waals surface area (Å²) in [6.07, 6.45) is 1.09. The van der Waals surface area contributed by atoms with E-state index in [-0.39, 0.29) is 12.3 Å². The Labute approximate surface area is 155 Å². The van der Waals surface area contributed by atoms with Gasteiger partial charge in [-0.3, -0.25) is 4.79 Å². The second-order valence-electron chi connectivity index (χ2n) is 5.85. The van der Waals surface area contributed by atoms with Gasteiger partial charge >= 0.3 is 0 Å². The van der Waals surface area contributed by atoms with E-state index in [1.165, 1.54) is 11.5 Å². The fourth-order valence-corrected chi connectivity index (χ4v) is 3.25. The van der Waals surface area contributed by atoms with Crippen molar-refractivity contribution in [2.45, 2.75) is 12.8 Å². The Morgan fingerprint density at radius 2 is 1.88 bits per heavy atom. The van der Waals surface area contributed by atoms with Gasteiger partial charge in [0.1, 0.15) is 0 Å². The number of anilines is 1. The first-order chi connectivity index (χ1) is 12.8. The molecule has 1 aliphatic heterocycles. The van der Waals surface area contributed by atoms with Crippen LogP contribution in [0.1, 0.15) is 12.0 Å². The van der Waals surface area contributed by atoms with Gasteiger partial charge in [0.2, 0.25) is 11.0 Å². The van der Waals surface area contributed by atoms with Gasteiger partial charge in [-0.15, -0.1) is 0 Å². The SMILES string of the molecule is O=C(Cc1ccc2c(c1)OCCCO2)Nc1nc(-c2ccccc2)ns1. The van der Waals surface area contributed by atoms with Gasteiger partial charge < -0.3 is 14.8 Å². The van der Waals surface area contributed by atoms with Crippen molar-refractivity contribution >= 4 is 22.6 Å². The summed E-state index contributed by atoms with van der Waals surface area (Å²) in [5.74, 6) is 1.88. The van der Waals surface area contributed by atoms with Gasteiger partial charge in [-0.05, 0) is 17.7 Å². The van der Waals surface area contributed by atoms with E-state index in [4.69, 9.17) is 9.47 Å². The third-order valence-corrected chi connectivity index (χ3v) is 4.51. The molecular weight excluding hydrogens is 350 g/mol. The molecule has 1 amide bonds. The number of rotatable bonds is 4. The molecule has 4 rings (SSSR count). The van der Waals surface area contributed by atoms with E-state index in [9.17, 15) is 4.79 Å². The lowest BCUT2D eigenvalue weighted by Gasteiger charge is -2.09. The minimum atomic E-state index is -0.143. The van der Waals surface area contributed by atoms with Crippen molar-refractivity contribution in [3.8, 4) is 22.9 Å². The van der Waals surface area contributed by atoms with Crippen molar-refractivity contribution in [3.05, 3.63) is 54.1 Å². The average molecular weight is 367 g/mol. The number of benzene rings is 2. The molecule has 2 heterocycles. The van der Waals surface area contributed by atoms with Gasteiger partial charge in [0, 0.05) is 23.5 Å². The quantitative estimate of drug-likeness (QED) is 0.763. The summed E-state index contributed by atoms with van der Waals surface area (Å²) in [5, 5.41) is 3.30. The first-order valence-electron chi connectivity index (χ1n) is 8.35. The van der Waals surface area contributed by atoms with E-state index in [0.717, 1.165) is 23.3 Å². The molecule has 0 spiro atoms. The summed E-state index contributed by atoms with van der Waals surface area (Å²) >= 11 is 1.17. The summed E-state index contributed by atoms with van der Waals surface area (Å²) in [7, 11) is 0. The number of nitrogens with one attached hydrogen (secondary N) is 1. The van der Waals surface area contributed by atoms with Crippen LogP contribution >= 0.6 is 11.5 Å². The zero-order valence-electron chi connectivity index (χ0n) is 14.0. The minimum absolute atomic E-state index is 0.143. The number of nitrogens with zero attached hydrogens (tertiary/aromatic N) is 2. The average Bonchev–Trinajstić information content (AvgIpc) is 2.99. The van der Waals surface area contributed by atoms with Crippen molar-refractivity contribution in [2.75, 3.05) is 18.5 Å². The summed E-state index contributed by atoms with van der Waals surface area (Å²) in [4.78, 5) is 16.7. The fourth-order valence-electron chi connectivity index (χ4n) is 2.65. The maximum absolute atomic E-state index is 12.3. The maximum atomic E-state index is 12.3. The molecule has 132 valence electrons. The maximum Gasteiger partial charge on any atom is 0.230 e. The molecule has 3 aromatic rings. The molecule has 0 bridgehead atoms. The number of hydrogen-bond acceptors (Lipinski definition) is 6. The standard InChI is InChI=1S/C19H17N3O3S/c23-17(12-13-7-8-15-16(11-13)25-10-4-9-24-15)20-19-21-18(22-26-19)14-5-2-1-3-6-14/h1-3,5-8,11H,4,9-10,12H2,(H,20,21,22,23). The number of aromatic nitrogens is 2. The van der Waals surface area contributed by atoms with Crippen molar-refractivity contribution < 1.29 is 14.3 Å². The minimum Gasteiger partial charge on any atom is -0.490 e. The number of amides is 1. The molecule has 0 fully saturated rings. The number of fused-ring (bicyclic) bond motifs is 1. The molecule has 2 aromatic carbocycles. The molecule has 0 unspecified atom stereocenters. The highest BCUT2D eigenvalue weighted by Crippen LogP contribution is 2.30. The van der Waals surface area contributed by atoms with Gasteiger partial charge in [0.25, 0.3) is 0 Å². The van der Waals surface area contributed by atoms with Crippen LogP contribution in [0.5, 0.6) is 11.5 Å². The van der Waals surface area contributed by atoms with Crippen LogP contribution in [0.2, 0.25) is 0 Å². The number of carbonyl (C=O) groups excluding carboxylic acids is 1. The number of ether oxygens (including phenoxy) is 2. The monoisotopic (exact) mass is 367 g/mol. The molecule has 7 heteroatoms. The Bertz CT molecular complexity index is 911. The van der Waals surface area contributed by atoms with Crippen LogP contribution in [-0.4, -0.2) is 28.5 Å². The molecule has 0 radical (unpaired) electrons. The van der Waals surface area contributed by atoms with Crippen LogP contribution in [0, 0.1) is 0 Å². The third-order valence-electron chi connectivity index (χ3n) is 3.88. The molecule has 0 atom stereocenters. The summed E-state index contributed by atoms with van der Waals surface area (Å²) < 4.78 is 15.6. The van der Waals surface area contributed by atoms with Crippen molar-refractivity contribution in [1.82, 2.24) is 9.36 Å². The van der Waals surface area contributed by atoms with E-state index in [1.54, 1.807) is 0 Å². The van der Waals surface area contributed by atoms with Crippen LogP contribution in [-0.2, 0) is 11.2 Å². The lowest BCUT2D eigenvalue weighted by atomic mass is 10.1. The lowest BCUT2D eigenvalue weighted by Crippen LogP contribution is -2.14. The summed E-state index contributed by atoms with van der Waals surface area (Å²) in [6.45, 7) is 1.27. The van der Waals surface area contributed by atoms with Gasteiger partial charge in [0.05, 0.1) is 19.6 Å². The fraction of sp³-hybridized carbons (Fsp3) is 0.211. The summed E-state index contributed by atoms with van der Waals surface area (Å²) in [6, 6.07) is 15.3. The highest BCUT2D eigenvalue weighted by atomic mass is 32.1. The number of hydrogen-bond donors (Lipinski definition) is 1. The summed E-state index contributed by atoms with van der Waals surface area (Å²) in [5.41, 5.74) is 1.78. The van der Waals surface area contributed by atoms with Crippen molar-refractivity contribution in [1.29, 1.82) is 0 Å². The van der Waals surface area contributed by atoms with E-state index in [1.807, 2.05) is 48.5 Å². The number of carbonyl (C=O) groups is 1. The molecule has 0 aliphatic carbocycles. The lowest BCUT2D eigenvalue weighted by molar-refractivity contribution is -0.115. The molecule has 26 heavy (non-hydrogen) atoms. The van der Waals surface area contributed by atoms with Crippen LogP contribution in [0.3, 0.4) is 0 Å². The predicted molar refractivity (Wildman–Crippen MR) is 99.7 cm³/mol. The van der Waals surface area contributed by atoms with E-state index in [2.05, 4.69) is 14.7 Å². The first kappa shape index (κ1) is 16.5. The predicted octanol–water partition coefficient (Wildman–Crippen LogP) is 3.55. The Morgan fingerprint density at radius 1 is 1.08 bits per heavy atom.